The molecule has 9 nitrogen and oxygen atoms in total. The molecule has 9 heteroatoms. The first-order valence-electron chi connectivity index (χ1n) is 12.0. The number of amides is 2. The summed E-state index contributed by atoms with van der Waals surface area (Å²) in [6.45, 7) is 5.38. The Morgan fingerprint density at radius 3 is 2.27 bits per heavy atom. The molecular formula is C28H26N6O3. The molecule has 0 unspecified atom stereocenters. The maximum atomic E-state index is 13.4. The number of carbonyl (C=O) groups excluding carboxylic acids is 2. The Bertz CT molecular complexity index is 1500. The molecule has 2 amide bonds. The molecule has 186 valence electrons. The summed E-state index contributed by atoms with van der Waals surface area (Å²) in [5, 5.41) is 17.5. The fourth-order valence-corrected chi connectivity index (χ4v) is 4.49. The monoisotopic (exact) mass is 494 g/mol. The summed E-state index contributed by atoms with van der Waals surface area (Å²) in [6, 6.07) is 19.2. The predicted octanol–water partition coefficient (Wildman–Crippen LogP) is 4.35. The standard InChI is InChI=1S/C28H26N6O3/c1-19-25(28(36)33-14-12-32(13-15-33)20(2)35)18-34-27(19)26(21(16-29)17-30-34)31-22-8-10-24(11-9-22)37-23-6-4-3-5-7-23/h3-11,17-18,31H,12-15H2,1-2H3. The van der Waals surface area contributed by atoms with Crippen molar-refractivity contribution in [2.24, 2.45) is 0 Å². The minimum absolute atomic E-state index is 0.0153. The zero-order valence-corrected chi connectivity index (χ0v) is 20.6. The van der Waals surface area contributed by atoms with Crippen LogP contribution in [-0.2, 0) is 4.79 Å². The fraction of sp³-hybridized carbons (Fsp3) is 0.214. The Balaban J connectivity index is 1.41. The van der Waals surface area contributed by atoms with E-state index in [0.29, 0.717) is 54.3 Å². The van der Waals surface area contributed by atoms with Crippen LogP contribution in [0.1, 0.15) is 28.4 Å². The van der Waals surface area contributed by atoms with Crippen molar-refractivity contribution in [1.82, 2.24) is 19.4 Å². The van der Waals surface area contributed by atoms with Crippen LogP contribution in [0, 0.1) is 18.3 Å². The molecule has 0 saturated carbocycles. The molecule has 0 atom stereocenters. The van der Waals surface area contributed by atoms with Gasteiger partial charge in [-0.2, -0.15) is 10.4 Å². The van der Waals surface area contributed by atoms with Gasteiger partial charge in [0.1, 0.15) is 17.6 Å². The Morgan fingerprint density at radius 1 is 0.973 bits per heavy atom. The smallest absolute Gasteiger partial charge is 0.255 e. The molecule has 0 spiro atoms. The molecule has 0 aliphatic carbocycles. The van der Waals surface area contributed by atoms with Crippen molar-refractivity contribution in [2.75, 3.05) is 31.5 Å². The van der Waals surface area contributed by atoms with Gasteiger partial charge in [-0.25, -0.2) is 4.52 Å². The van der Waals surface area contributed by atoms with E-state index in [9.17, 15) is 14.9 Å². The van der Waals surface area contributed by atoms with E-state index in [4.69, 9.17) is 4.74 Å². The number of para-hydroxylation sites is 1. The van der Waals surface area contributed by atoms with E-state index in [-0.39, 0.29) is 11.8 Å². The molecule has 37 heavy (non-hydrogen) atoms. The summed E-state index contributed by atoms with van der Waals surface area (Å²) in [4.78, 5) is 28.5. The maximum Gasteiger partial charge on any atom is 0.255 e. The molecular weight excluding hydrogens is 468 g/mol. The largest absolute Gasteiger partial charge is 0.457 e. The van der Waals surface area contributed by atoms with Gasteiger partial charge in [-0.1, -0.05) is 18.2 Å². The SMILES string of the molecule is CC(=O)N1CCN(C(=O)c2cn3ncc(C#N)c(Nc4ccc(Oc5ccccc5)cc4)c3c2C)CC1. The van der Waals surface area contributed by atoms with Crippen molar-refractivity contribution >= 4 is 28.7 Å². The number of piperazine rings is 1. The number of nitrogens with one attached hydrogen (secondary N) is 1. The van der Waals surface area contributed by atoms with Crippen LogP contribution >= 0.6 is 0 Å². The number of aromatic nitrogens is 2. The van der Waals surface area contributed by atoms with Crippen LogP contribution in [0.2, 0.25) is 0 Å². The second kappa shape index (κ2) is 10.0. The lowest BCUT2D eigenvalue weighted by atomic mass is 10.1. The molecule has 2 aromatic heterocycles. The third-order valence-corrected chi connectivity index (χ3v) is 6.52. The normalized spacial score (nSPS) is 13.3. The summed E-state index contributed by atoms with van der Waals surface area (Å²) in [7, 11) is 0. The van der Waals surface area contributed by atoms with Crippen LogP contribution in [0.25, 0.3) is 5.52 Å². The Morgan fingerprint density at radius 2 is 1.62 bits per heavy atom. The van der Waals surface area contributed by atoms with E-state index < -0.39 is 0 Å². The van der Waals surface area contributed by atoms with Gasteiger partial charge in [0, 0.05) is 45.0 Å². The van der Waals surface area contributed by atoms with E-state index in [2.05, 4.69) is 16.5 Å². The van der Waals surface area contributed by atoms with Gasteiger partial charge in [0.05, 0.1) is 28.5 Å². The second-order valence-electron chi connectivity index (χ2n) is 8.87. The van der Waals surface area contributed by atoms with E-state index >= 15 is 0 Å². The minimum atomic E-state index is -0.113. The summed E-state index contributed by atoms with van der Waals surface area (Å²) < 4.78 is 7.50. The zero-order valence-electron chi connectivity index (χ0n) is 20.6. The first-order chi connectivity index (χ1) is 17.9. The number of rotatable bonds is 5. The number of ether oxygens (including phenoxy) is 1. The summed E-state index contributed by atoms with van der Waals surface area (Å²) >= 11 is 0. The molecule has 4 aromatic rings. The lowest BCUT2D eigenvalue weighted by Crippen LogP contribution is -2.50. The molecule has 1 N–H and O–H groups in total. The van der Waals surface area contributed by atoms with E-state index in [0.717, 1.165) is 17.0 Å². The summed E-state index contributed by atoms with van der Waals surface area (Å²) in [5.41, 5.74) is 3.62. The third-order valence-electron chi connectivity index (χ3n) is 6.52. The van der Waals surface area contributed by atoms with Gasteiger partial charge in [-0.3, -0.25) is 9.59 Å². The number of fused-ring (bicyclic) bond motifs is 1. The van der Waals surface area contributed by atoms with Crippen LogP contribution in [0.3, 0.4) is 0 Å². The van der Waals surface area contributed by atoms with Crippen LogP contribution in [0.4, 0.5) is 11.4 Å². The van der Waals surface area contributed by atoms with Gasteiger partial charge < -0.3 is 19.9 Å². The van der Waals surface area contributed by atoms with Crippen molar-refractivity contribution in [2.45, 2.75) is 13.8 Å². The molecule has 0 radical (unpaired) electrons. The molecule has 1 aliphatic heterocycles. The van der Waals surface area contributed by atoms with Crippen LogP contribution < -0.4 is 10.1 Å². The number of nitrogens with zero attached hydrogens (tertiary/aromatic N) is 5. The second-order valence-corrected chi connectivity index (χ2v) is 8.87. The molecule has 2 aromatic carbocycles. The molecule has 5 rings (SSSR count). The highest BCUT2D eigenvalue weighted by Gasteiger charge is 2.27. The number of hydrogen-bond donors (Lipinski definition) is 1. The van der Waals surface area contributed by atoms with E-state index in [1.807, 2.05) is 61.5 Å². The molecule has 0 bridgehead atoms. The van der Waals surface area contributed by atoms with Crippen molar-refractivity contribution in [1.29, 1.82) is 5.26 Å². The Kier molecular flexibility index (Phi) is 6.47. The highest BCUT2D eigenvalue weighted by molar-refractivity contribution is 6.00. The lowest BCUT2D eigenvalue weighted by Gasteiger charge is -2.34. The van der Waals surface area contributed by atoms with E-state index in [1.165, 1.54) is 6.20 Å². The fourth-order valence-electron chi connectivity index (χ4n) is 4.49. The first-order valence-corrected chi connectivity index (χ1v) is 12.0. The quantitative estimate of drug-likeness (QED) is 0.442. The van der Waals surface area contributed by atoms with Crippen LogP contribution in [-0.4, -0.2) is 57.4 Å². The third kappa shape index (κ3) is 4.82. The average Bonchev–Trinajstić information content (AvgIpc) is 3.26. The van der Waals surface area contributed by atoms with Gasteiger partial charge in [0.15, 0.2) is 0 Å². The Hall–Kier alpha value is -4.84. The highest BCUT2D eigenvalue weighted by Crippen LogP contribution is 2.32. The molecule has 1 saturated heterocycles. The van der Waals surface area contributed by atoms with Gasteiger partial charge in [-0.05, 0) is 48.9 Å². The van der Waals surface area contributed by atoms with Gasteiger partial charge in [0.25, 0.3) is 5.91 Å². The van der Waals surface area contributed by atoms with E-state index in [1.54, 1.807) is 27.4 Å². The number of anilines is 2. The molecule has 1 fully saturated rings. The predicted molar refractivity (Wildman–Crippen MR) is 139 cm³/mol. The van der Waals surface area contributed by atoms with Gasteiger partial charge in [0.2, 0.25) is 5.91 Å². The van der Waals surface area contributed by atoms with Crippen molar-refractivity contribution in [3.05, 3.63) is 83.7 Å². The number of aryl methyl sites for hydroxylation is 1. The topological polar surface area (TPSA) is 103 Å². The minimum Gasteiger partial charge on any atom is -0.457 e. The average molecular weight is 495 g/mol. The number of carbonyl (C=O) groups is 2. The highest BCUT2D eigenvalue weighted by atomic mass is 16.5. The summed E-state index contributed by atoms with van der Waals surface area (Å²) in [5.74, 6) is 1.34. The van der Waals surface area contributed by atoms with Crippen molar-refractivity contribution < 1.29 is 14.3 Å². The number of hydrogen-bond acceptors (Lipinski definition) is 6. The number of nitriles is 1. The Labute approximate surface area is 214 Å². The molecule has 3 heterocycles. The summed E-state index contributed by atoms with van der Waals surface area (Å²) in [6.07, 6.45) is 3.19. The van der Waals surface area contributed by atoms with Crippen molar-refractivity contribution in [3.8, 4) is 17.6 Å². The van der Waals surface area contributed by atoms with Crippen LogP contribution in [0.15, 0.2) is 67.0 Å². The molecule has 1 aliphatic rings. The maximum absolute atomic E-state index is 13.4. The van der Waals surface area contributed by atoms with Gasteiger partial charge >= 0.3 is 0 Å². The van der Waals surface area contributed by atoms with Crippen LogP contribution in [0.5, 0.6) is 11.5 Å². The van der Waals surface area contributed by atoms with Gasteiger partial charge in [-0.15, -0.1) is 0 Å². The lowest BCUT2D eigenvalue weighted by molar-refractivity contribution is -0.130. The zero-order chi connectivity index (χ0) is 25.9. The van der Waals surface area contributed by atoms with Crippen molar-refractivity contribution in [3.63, 3.8) is 0 Å². The number of benzene rings is 2. The first kappa shape index (κ1) is 23.9.